The summed E-state index contributed by atoms with van der Waals surface area (Å²) >= 11 is 0. The Morgan fingerprint density at radius 2 is 1.74 bits per heavy atom. The number of piperidine rings is 1. The highest BCUT2D eigenvalue weighted by Gasteiger charge is 2.53. The van der Waals surface area contributed by atoms with Crippen molar-refractivity contribution in [3.05, 3.63) is 0 Å². The molecule has 2 aliphatic rings. The first-order valence-corrected chi connectivity index (χ1v) is 8.13. The molecule has 0 saturated carbocycles. The van der Waals surface area contributed by atoms with Crippen molar-refractivity contribution in [1.29, 1.82) is 0 Å². The molecule has 0 unspecified atom stereocenters. The number of hydrogen-bond donors (Lipinski definition) is 1. The number of imide groups is 1. The van der Waals surface area contributed by atoms with E-state index >= 15 is 0 Å². The van der Waals surface area contributed by atoms with Crippen LogP contribution in [0.25, 0.3) is 0 Å². The first kappa shape index (κ1) is 14.3. The Morgan fingerprint density at radius 1 is 1.21 bits per heavy atom. The van der Waals surface area contributed by atoms with Gasteiger partial charge in [0.05, 0.1) is 6.26 Å². The highest BCUT2D eigenvalue weighted by molar-refractivity contribution is 7.88. The largest absolute Gasteiger partial charge is 0.325 e. The molecule has 2 saturated heterocycles. The van der Waals surface area contributed by atoms with E-state index in [1.165, 1.54) is 9.21 Å². The van der Waals surface area contributed by atoms with E-state index in [4.69, 9.17) is 0 Å². The van der Waals surface area contributed by atoms with Crippen LogP contribution in [0.15, 0.2) is 0 Å². The summed E-state index contributed by atoms with van der Waals surface area (Å²) in [7, 11) is -3.24. The van der Waals surface area contributed by atoms with Crippen molar-refractivity contribution >= 4 is 22.0 Å². The van der Waals surface area contributed by atoms with Crippen LogP contribution in [0.2, 0.25) is 0 Å². The molecule has 2 heterocycles. The van der Waals surface area contributed by atoms with Crippen LogP contribution in [-0.2, 0) is 14.8 Å². The molecule has 1 spiro atoms. The molecule has 3 amide bonds. The van der Waals surface area contributed by atoms with Gasteiger partial charge in [0.1, 0.15) is 5.54 Å². The summed E-state index contributed by atoms with van der Waals surface area (Å²) in [6, 6.07) is -0.576. The van der Waals surface area contributed by atoms with Crippen LogP contribution in [0.1, 0.15) is 26.7 Å². The fourth-order valence-corrected chi connectivity index (χ4v) is 3.49. The Kier molecular flexibility index (Phi) is 3.34. The second-order valence-corrected chi connectivity index (χ2v) is 7.43. The van der Waals surface area contributed by atoms with Gasteiger partial charge >= 0.3 is 6.03 Å². The Balaban J connectivity index is 2.16. The minimum atomic E-state index is -3.24. The number of hydrogen-bond acceptors (Lipinski definition) is 4. The molecular weight excluding hydrogens is 270 g/mol. The molecule has 2 aliphatic heterocycles. The SMILES string of the molecule is CC(C)N1C(=O)NC2(CCN(S(C)(=O)=O)CC2)C1=O. The van der Waals surface area contributed by atoms with Crippen molar-refractivity contribution in [2.24, 2.45) is 0 Å². The van der Waals surface area contributed by atoms with Gasteiger partial charge in [0.2, 0.25) is 10.0 Å². The third-order valence-corrected chi connectivity index (χ3v) is 5.06. The highest BCUT2D eigenvalue weighted by Crippen LogP contribution is 2.31. The quantitative estimate of drug-likeness (QED) is 0.710. The predicted molar refractivity (Wildman–Crippen MR) is 68.9 cm³/mol. The molecule has 0 aromatic heterocycles. The molecule has 1 N–H and O–H groups in total. The van der Waals surface area contributed by atoms with Gasteiger partial charge in [-0.2, -0.15) is 0 Å². The maximum atomic E-state index is 12.4. The van der Waals surface area contributed by atoms with Crippen molar-refractivity contribution in [3.63, 3.8) is 0 Å². The zero-order valence-corrected chi connectivity index (χ0v) is 12.2. The second-order valence-electron chi connectivity index (χ2n) is 5.44. The van der Waals surface area contributed by atoms with E-state index in [9.17, 15) is 18.0 Å². The Morgan fingerprint density at radius 3 is 2.11 bits per heavy atom. The van der Waals surface area contributed by atoms with Crippen molar-refractivity contribution in [2.75, 3.05) is 19.3 Å². The summed E-state index contributed by atoms with van der Waals surface area (Å²) < 4.78 is 24.2. The second kappa shape index (κ2) is 4.45. The molecule has 0 aromatic rings. The van der Waals surface area contributed by atoms with Gasteiger partial charge in [0.25, 0.3) is 5.91 Å². The average Bonchev–Trinajstić information content (AvgIpc) is 2.50. The molecule has 8 heteroatoms. The van der Waals surface area contributed by atoms with Crippen molar-refractivity contribution < 1.29 is 18.0 Å². The molecule has 0 bridgehead atoms. The average molecular weight is 289 g/mol. The highest BCUT2D eigenvalue weighted by atomic mass is 32.2. The molecule has 0 atom stereocenters. The first-order chi connectivity index (χ1) is 8.67. The third-order valence-electron chi connectivity index (χ3n) is 3.75. The Bertz CT molecular complexity index is 506. The number of urea groups is 1. The zero-order chi connectivity index (χ0) is 14.4. The summed E-state index contributed by atoms with van der Waals surface area (Å²) in [4.78, 5) is 25.4. The maximum absolute atomic E-state index is 12.4. The van der Waals surface area contributed by atoms with Crippen molar-refractivity contribution in [1.82, 2.24) is 14.5 Å². The van der Waals surface area contributed by atoms with E-state index in [2.05, 4.69) is 5.32 Å². The lowest BCUT2D eigenvalue weighted by Gasteiger charge is -2.36. The lowest BCUT2D eigenvalue weighted by atomic mass is 9.88. The van der Waals surface area contributed by atoms with Gasteiger partial charge in [0.15, 0.2) is 0 Å². The van der Waals surface area contributed by atoms with E-state index in [-0.39, 0.29) is 31.1 Å². The van der Waals surface area contributed by atoms with Crippen LogP contribution < -0.4 is 5.32 Å². The lowest BCUT2D eigenvalue weighted by Crippen LogP contribution is -2.55. The summed E-state index contributed by atoms with van der Waals surface area (Å²) in [6.45, 7) is 4.08. The smallest absolute Gasteiger partial charge is 0.323 e. The van der Waals surface area contributed by atoms with E-state index in [0.717, 1.165) is 6.26 Å². The van der Waals surface area contributed by atoms with Crippen LogP contribution in [0, 0.1) is 0 Å². The molecule has 108 valence electrons. The lowest BCUT2D eigenvalue weighted by molar-refractivity contribution is -0.133. The summed E-state index contributed by atoms with van der Waals surface area (Å²) in [6.07, 6.45) is 1.81. The monoisotopic (exact) mass is 289 g/mol. The number of sulfonamides is 1. The topological polar surface area (TPSA) is 86.8 Å². The first-order valence-electron chi connectivity index (χ1n) is 6.28. The Hall–Kier alpha value is -1.15. The molecular formula is C11H19N3O4S. The van der Waals surface area contributed by atoms with Gasteiger partial charge in [-0.05, 0) is 26.7 Å². The van der Waals surface area contributed by atoms with E-state index in [1.54, 1.807) is 13.8 Å². The van der Waals surface area contributed by atoms with Crippen LogP contribution in [-0.4, -0.2) is 60.5 Å². The number of rotatable bonds is 2. The van der Waals surface area contributed by atoms with E-state index in [0.29, 0.717) is 12.8 Å². The van der Waals surface area contributed by atoms with E-state index < -0.39 is 15.6 Å². The molecule has 19 heavy (non-hydrogen) atoms. The van der Waals surface area contributed by atoms with Crippen LogP contribution in [0.5, 0.6) is 0 Å². The van der Waals surface area contributed by atoms with Gasteiger partial charge in [-0.3, -0.25) is 9.69 Å². The molecule has 2 rings (SSSR count). The van der Waals surface area contributed by atoms with Crippen molar-refractivity contribution in [3.8, 4) is 0 Å². The fourth-order valence-electron chi connectivity index (χ4n) is 2.65. The molecule has 0 aliphatic carbocycles. The summed E-state index contributed by atoms with van der Waals surface area (Å²) in [5.74, 6) is -0.236. The predicted octanol–water partition coefficient (Wildman–Crippen LogP) is -0.259. The van der Waals surface area contributed by atoms with Gasteiger partial charge < -0.3 is 5.32 Å². The van der Waals surface area contributed by atoms with E-state index in [1.807, 2.05) is 0 Å². The molecule has 2 fully saturated rings. The third kappa shape index (κ3) is 2.34. The van der Waals surface area contributed by atoms with Gasteiger partial charge in [-0.15, -0.1) is 0 Å². The van der Waals surface area contributed by atoms with Crippen LogP contribution in [0.3, 0.4) is 0 Å². The fraction of sp³-hybridized carbons (Fsp3) is 0.818. The number of carbonyl (C=O) groups is 2. The molecule has 0 aromatic carbocycles. The number of nitrogens with one attached hydrogen (secondary N) is 1. The number of amides is 3. The Labute approximate surface area is 113 Å². The zero-order valence-electron chi connectivity index (χ0n) is 11.3. The van der Waals surface area contributed by atoms with Gasteiger partial charge in [-0.25, -0.2) is 17.5 Å². The standard InChI is InChI=1S/C11H19N3O4S/c1-8(2)14-9(15)11(12-10(14)16)4-6-13(7-5-11)19(3,17)18/h8H,4-7H2,1-3H3,(H,12,16). The van der Waals surface area contributed by atoms with Crippen molar-refractivity contribution in [2.45, 2.75) is 38.3 Å². The maximum Gasteiger partial charge on any atom is 0.325 e. The van der Waals surface area contributed by atoms with Gasteiger partial charge in [-0.1, -0.05) is 0 Å². The van der Waals surface area contributed by atoms with Crippen LogP contribution in [0.4, 0.5) is 4.79 Å². The molecule has 7 nitrogen and oxygen atoms in total. The summed E-state index contributed by atoms with van der Waals surface area (Å²) in [5, 5.41) is 2.74. The van der Waals surface area contributed by atoms with Crippen LogP contribution >= 0.6 is 0 Å². The summed E-state index contributed by atoms with van der Waals surface area (Å²) in [5.41, 5.74) is -0.914. The van der Waals surface area contributed by atoms with Gasteiger partial charge in [0, 0.05) is 19.1 Å². The minimum Gasteiger partial charge on any atom is -0.323 e. The number of nitrogens with zero attached hydrogens (tertiary/aromatic N) is 2. The normalized spacial score (nSPS) is 24.3. The number of carbonyl (C=O) groups excluding carboxylic acids is 2. The minimum absolute atomic E-state index is 0.195. The molecule has 0 radical (unpaired) electrons.